The summed E-state index contributed by atoms with van der Waals surface area (Å²) in [5, 5.41) is 0.195. The quantitative estimate of drug-likeness (QED) is 0.539. The van der Waals surface area contributed by atoms with Gasteiger partial charge in [0.15, 0.2) is 0 Å². The van der Waals surface area contributed by atoms with Gasteiger partial charge in [-0.05, 0) is 12.8 Å². The van der Waals surface area contributed by atoms with Crippen molar-refractivity contribution in [2.24, 2.45) is 5.92 Å². The van der Waals surface area contributed by atoms with E-state index in [1.807, 2.05) is 0 Å². The van der Waals surface area contributed by atoms with Crippen LogP contribution in [0, 0.1) is 5.92 Å². The molecule has 0 aliphatic heterocycles. The lowest BCUT2D eigenvalue weighted by atomic mass is 9.96. The van der Waals surface area contributed by atoms with Crippen molar-refractivity contribution in [3.05, 3.63) is 0 Å². The van der Waals surface area contributed by atoms with Crippen LogP contribution in [-0.2, 0) is 9.53 Å². The predicted octanol–water partition coefficient (Wildman–Crippen LogP) is 2.82. The number of carbonyl (C=O) groups is 1. The number of esters is 1. The fraction of sp³-hybridized carbons (Fsp3) is 0.909. The summed E-state index contributed by atoms with van der Waals surface area (Å²) < 4.78 is 4.81. The SMILES string of the molecule is COC(=O)C1CCCCCCCC1S. The van der Waals surface area contributed by atoms with Crippen LogP contribution in [0.1, 0.15) is 44.9 Å². The highest BCUT2D eigenvalue weighted by Crippen LogP contribution is 2.26. The minimum absolute atomic E-state index is 0.0152. The number of ether oxygens (including phenoxy) is 1. The Labute approximate surface area is 91.8 Å². The van der Waals surface area contributed by atoms with Gasteiger partial charge in [-0.15, -0.1) is 0 Å². The molecule has 1 aliphatic rings. The average Bonchev–Trinajstić information content (AvgIpc) is 2.29. The first kappa shape index (κ1) is 11.9. The molecule has 2 nitrogen and oxygen atoms in total. The van der Waals surface area contributed by atoms with Crippen LogP contribution < -0.4 is 0 Å². The van der Waals surface area contributed by atoms with Gasteiger partial charge in [0.25, 0.3) is 0 Å². The monoisotopic (exact) mass is 216 g/mol. The third-order valence-corrected chi connectivity index (χ3v) is 3.60. The van der Waals surface area contributed by atoms with Crippen LogP contribution in [0.5, 0.6) is 0 Å². The van der Waals surface area contributed by atoms with Crippen molar-refractivity contribution < 1.29 is 9.53 Å². The van der Waals surface area contributed by atoms with Gasteiger partial charge in [-0.25, -0.2) is 0 Å². The molecule has 1 rings (SSSR count). The van der Waals surface area contributed by atoms with E-state index < -0.39 is 0 Å². The molecule has 14 heavy (non-hydrogen) atoms. The number of hydrogen-bond donors (Lipinski definition) is 1. The van der Waals surface area contributed by atoms with Gasteiger partial charge in [0.1, 0.15) is 0 Å². The van der Waals surface area contributed by atoms with Crippen LogP contribution in [-0.4, -0.2) is 18.3 Å². The second kappa shape index (κ2) is 6.33. The van der Waals surface area contributed by atoms with E-state index >= 15 is 0 Å². The molecule has 3 heteroatoms. The van der Waals surface area contributed by atoms with Crippen LogP contribution in [0.25, 0.3) is 0 Å². The molecule has 1 saturated carbocycles. The van der Waals surface area contributed by atoms with E-state index in [2.05, 4.69) is 12.6 Å². The van der Waals surface area contributed by atoms with E-state index in [0.717, 1.165) is 19.3 Å². The standard InChI is InChI=1S/C11H20O2S/c1-13-11(12)9-7-5-3-2-4-6-8-10(9)14/h9-10,14H,2-8H2,1H3. The number of hydrogen-bond acceptors (Lipinski definition) is 3. The maximum absolute atomic E-state index is 11.5. The van der Waals surface area contributed by atoms with Crippen molar-refractivity contribution in [1.82, 2.24) is 0 Å². The van der Waals surface area contributed by atoms with Gasteiger partial charge in [0, 0.05) is 5.25 Å². The molecule has 0 amide bonds. The second-order valence-corrected chi connectivity index (χ2v) is 4.71. The largest absolute Gasteiger partial charge is 0.469 e. The number of carbonyl (C=O) groups excluding carboxylic acids is 1. The Morgan fingerprint density at radius 1 is 1.14 bits per heavy atom. The summed E-state index contributed by atoms with van der Waals surface area (Å²) in [5.74, 6) is -0.0617. The summed E-state index contributed by atoms with van der Waals surface area (Å²) in [7, 11) is 1.47. The van der Waals surface area contributed by atoms with Crippen molar-refractivity contribution >= 4 is 18.6 Å². The average molecular weight is 216 g/mol. The van der Waals surface area contributed by atoms with Crippen LogP contribution in [0.2, 0.25) is 0 Å². The molecule has 0 spiro atoms. The molecule has 1 aliphatic carbocycles. The zero-order chi connectivity index (χ0) is 10.4. The van der Waals surface area contributed by atoms with Crippen LogP contribution in [0.3, 0.4) is 0 Å². The molecular formula is C11H20O2S. The molecule has 0 bridgehead atoms. The first-order valence-corrected chi connectivity index (χ1v) is 6.03. The summed E-state index contributed by atoms with van der Waals surface area (Å²) in [5.41, 5.74) is 0. The lowest BCUT2D eigenvalue weighted by Crippen LogP contribution is -2.25. The Balaban J connectivity index is 2.52. The van der Waals surface area contributed by atoms with Crippen LogP contribution in [0.15, 0.2) is 0 Å². The van der Waals surface area contributed by atoms with Crippen molar-refractivity contribution in [3.8, 4) is 0 Å². The van der Waals surface area contributed by atoms with Gasteiger partial charge < -0.3 is 4.74 Å². The Bertz CT molecular complexity index is 182. The Morgan fingerprint density at radius 3 is 2.36 bits per heavy atom. The van der Waals surface area contributed by atoms with Crippen molar-refractivity contribution in [2.75, 3.05) is 7.11 Å². The minimum Gasteiger partial charge on any atom is -0.469 e. The number of methoxy groups -OCH3 is 1. The van der Waals surface area contributed by atoms with Gasteiger partial charge in [-0.3, -0.25) is 4.79 Å². The first-order valence-electron chi connectivity index (χ1n) is 5.51. The van der Waals surface area contributed by atoms with Gasteiger partial charge in [-0.2, -0.15) is 12.6 Å². The summed E-state index contributed by atoms with van der Waals surface area (Å²) in [4.78, 5) is 11.5. The van der Waals surface area contributed by atoms with Crippen LogP contribution >= 0.6 is 12.6 Å². The molecule has 1 fully saturated rings. The Hall–Kier alpha value is -0.180. The second-order valence-electron chi connectivity index (χ2n) is 4.04. The molecule has 0 radical (unpaired) electrons. The molecule has 82 valence electrons. The van der Waals surface area contributed by atoms with Crippen molar-refractivity contribution in [1.29, 1.82) is 0 Å². The van der Waals surface area contributed by atoms with Gasteiger partial charge in [-0.1, -0.05) is 32.1 Å². The van der Waals surface area contributed by atoms with Gasteiger partial charge >= 0.3 is 5.97 Å². The summed E-state index contributed by atoms with van der Waals surface area (Å²) in [6, 6.07) is 0. The molecule has 0 aromatic heterocycles. The molecule has 0 saturated heterocycles. The lowest BCUT2D eigenvalue weighted by molar-refractivity contribution is -0.145. The zero-order valence-corrected chi connectivity index (χ0v) is 9.76. The Kier molecular flexibility index (Phi) is 5.38. The molecule has 0 heterocycles. The van der Waals surface area contributed by atoms with E-state index in [4.69, 9.17) is 4.74 Å². The van der Waals surface area contributed by atoms with Crippen molar-refractivity contribution in [3.63, 3.8) is 0 Å². The smallest absolute Gasteiger partial charge is 0.309 e. The maximum Gasteiger partial charge on any atom is 0.309 e. The summed E-state index contributed by atoms with van der Waals surface area (Å²) in [6.45, 7) is 0. The fourth-order valence-corrected chi connectivity index (χ4v) is 2.52. The molecule has 0 N–H and O–H groups in total. The van der Waals surface area contributed by atoms with Crippen molar-refractivity contribution in [2.45, 2.75) is 50.2 Å². The maximum atomic E-state index is 11.5. The number of rotatable bonds is 1. The molecular weight excluding hydrogens is 196 g/mol. The summed E-state index contributed by atoms with van der Waals surface area (Å²) >= 11 is 4.51. The van der Waals surface area contributed by atoms with Gasteiger partial charge in [0.2, 0.25) is 0 Å². The highest BCUT2D eigenvalue weighted by atomic mass is 32.1. The third kappa shape index (κ3) is 3.52. The van der Waals surface area contributed by atoms with E-state index in [0.29, 0.717) is 0 Å². The predicted molar refractivity (Wildman–Crippen MR) is 60.6 cm³/mol. The molecule has 2 unspecified atom stereocenters. The normalized spacial score (nSPS) is 29.9. The highest BCUT2D eigenvalue weighted by Gasteiger charge is 2.26. The van der Waals surface area contributed by atoms with E-state index in [1.54, 1.807) is 0 Å². The first-order chi connectivity index (χ1) is 6.75. The van der Waals surface area contributed by atoms with Crippen LogP contribution in [0.4, 0.5) is 0 Å². The van der Waals surface area contributed by atoms with E-state index in [1.165, 1.54) is 32.8 Å². The zero-order valence-electron chi connectivity index (χ0n) is 8.87. The summed E-state index contributed by atoms with van der Waals surface area (Å²) in [6.07, 6.45) is 8.15. The Morgan fingerprint density at radius 2 is 1.71 bits per heavy atom. The fourth-order valence-electron chi connectivity index (χ4n) is 2.07. The van der Waals surface area contributed by atoms with Gasteiger partial charge in [0.05, 0.1) is 13.0 Å². The minimum atomic E-state index is -0.0769. The van der Waals surface area contributed by atoms with E-state index in [-0.39, 0.29) is 17.1 Å². The topological polar surface area (TPSA) is 26.3 Å². The molecule has 0 aromatic rings. The lowest BCUT2D eigenvalue weighted by Gasteiger charge is -2.19. The number of thiol groups is 1. The highest BCUT2D eigenvalue weighted by molar-refractivity contribution is 7.81. The third-order valence-electron chi connectivity index (χ3n) is 2.98. The molecule has 2 atom stereocenters. The van der Waals surface area contributed by atoms with E-state index in [9.17, 15) is 4.79 Å². The molecule has 0 aromatic carbocycles.